The molecule has 0 saturated heterocycles. The predicted octanol–water partition coefficient (Wildman–Crippen LogP) is 3.43. The van der Waals surface area contributed by atoms with E-state index in [9.17, 15) is 9.59 Å². The average molecular weight is 441 g/mol. The molecule has 0 unspecified atom stereocenters. The van der Waals surface area contributed by atoms with Crippen LogP contribution in [0.25, 0.3) is 21.5 Å². The zero-order valence-corrected chi connectivity index (χ0v) is 16.3. The summed E-state index contributed by atoms with van der Waals surface area (Å²) in [6, 6.07) is 12.4. The Hall–Kier alpha value is -2.84. The Morgan fingerprint density at radius 3 is 2.70 bits per heavy atom. The number of halogens is 1. The second-order valence-electron chi connectivity index (χ2n) is 5.92. The Bertz CT molecular complexity index is 1210. The third kappa shape index (κ3) is 3.54. The summed E-state index contributed by atoms with van der Waals surface area (Å²) in [7, 11) is 0. The number of hydrogen-bond acceptors (Lipinski definition) is 5. The summed E-state index contributed by atoms with van der Waals surface area (Å²) in [5, 5.41) is 3.28. The lowest BCUT2D eigenvalue weighted by Crippen LogP contribution is -2.21. The van der Waals surface area contributed by atoms with Crippen LogP contribution in [0.4, 0.5) is 0 Å². The number of carbonyl (C=O) groups is 1. The van der Waals surface area contributed by atoms with Gasteiger partial charge in [0.25, 0.3) is 5.56 Å². The van der Waals surface area contributed by atoms with Gasteiger partial charge in [0.2, 0.25) is 5.91 Å². The monoisotopic (exact) mass is 440 g/mol. The van der Waals surface area contributed by atoms with Crippen molar-refractivity contribution in [2.24, 2.45) is 5.73 Å². The molecule has 27 heavy (non-hydrogen) atoms. The first-order chi connectivity index (χ1) is 13.0. The molecule has 0 bridgehead atoms. The number of fused-ring (bicyclic) bond motifs is 1. The number of hydrogen-bond donors (Lipinski definition) is 1. The molecule has 0 aliphatic carbocycles. The first kappa shape index (κ1) is 17.6. The van der Waals surface area contributed by atoms with E-state index in [0.29, 0.717) is 23.0 Å². The fraction of sp³-hybridized carbons (Fsp3) is 0.0526. The molecule has 0 aliphatic rings. The zero-order chi connectivity index (χ0) is 19.0. The molecular weight excluding hydrogens is 428 g/mol. The third-order valence-electron chi connectivity index (χ3n) is 4.09. The molecule has 2 aromatic heterocycles. The van der Waals surface area contributed by atoms with Gasteiger partial charge in [-0.15, -0.1) is 11.3 Å². The van der Waals surface area contributed by atoms with Gasteiger partial charge >= 0.3 is 0 Å². The molecular formula is C19H13BrN4O2S. The Kier molecular flexibility index (Phi) is 4.59. The Labute approximate surface area is 166 Å². The van der Waals surface area contributed by atoms with E-state index in [0.717, 1.165) is 20.7 Å². The lowest BCUT2D eigenvalue weighted by atomic mass is 10.1. The van der Waals surface area contributed by atoms with Crippen LogP contribution >= 0.6 is 27.3 Å². The summed E-state index contributed by atoms with van der Waals surface area (Å²) in [6.45, 7) is 0.337. The van der Waals surface area contributed by atoms with Crippen molar-refractivity contribution in [3.8, 4) is 10.6 Å². The molecule has 0 atom stereocenters. The Balaban J connectivity index is 1.63. The van der Waals surface area contributed by atoms with Crippen LogP contribution in [0.5, 0.6) is 0 Å². The van der Waals surface area contributed by atoms with Gasteiger partial charge in [-0.3, -0.25) is 14.2 Å². The Morgan fingerprint density at radius 2 is 1.96 bits per heavy atom. The van der Waals surface area contributed by atoms with Crippen molar-refractivity contribution in [2.45, 2.75) is 6.54 Å². The molecule has 8 heteroatoms. The summed E-state index contributed by atoms with van der Waals surface area (Å²) in [5.74, 6) is -0.462. The average Bonchev–Trinajstić information content (AvgIpc) is 3.13. The van der Waals surface area contributed by atoms with Gasteiger partial charge in [-0.05, 0) is 30.3 Å². The van der Waals surface area contributed by atoms with Gasteiger partial charge in [0.05, 0.1) is 29.5 Å². The SMILES string of the molecule is NC(=O)c1ccc(-c2nc(Cn3cnc4ccc(Br)cc4c3=O)cs2)cc1. The molecule has 2 N–H and O–H groups in total. The second-order valence-corrected chi connectivity index (χ2v) is 7.70. The molecule has 0 spiro atoms. The number of thiazole rings is 1. The third-order valence-corrected chi connectivity index (χ3v) is 5.52. The zero-order valence-electron chi connectivity index (χ0n) is 13.9. The summed E-state index contributed by atoms with van der Waals surface area (Å²) in [5.41, 5.74) is 7.93. The molecule has 0 fully saturated rings. The number of primary amides is 1. The molecule has 0 saturated carbocycles. The number of nitrogens with two attached hydrogens (primary N) is 1. The van der Waals surface area contributed by atoms with E-state index >= 15 is 0 Å². The quantitative estimate of drug-likeness (QED) is 0.526. The standard InChI is InChI=1S/C19H13BrN4O2S/c20-13-5-6-16-15(7-13)19(26)24(10-22-16)8-14-9-27-18(23-14)12-3-1-11(2-4-12)17(21)25/h1-7,9-10H,8H2,(H2,21,25). The van der Waals surface area contributed by atoms with E-state index in [1.165, 1.54) is 11.3 Å². The van der Waals surface area contributed by atoms with Gasteiger partial charge in [-0.1, -0.05) is 28.1 Å². The number of aromatic nitrogens is 3. The lowest BCUT2D eigenvalue weighted by molar-refractivity contribution is 0.100. The minimum Gasteiger partial charge on any atom is -0.366 e. The van der Waals surface area contributed by atoms with Gasteiger partial charge in [-0.25, -0.2) is 9.97 Å². The van der Waals surface area contributed by atoms with Crippen molar-refractivity contribution in [2.75, 3.05) is 0 Å². The first-order valence-corrected chi connectivity index (χ1v) is 9.68. The van der Waals surface area contributed by atoms with Crippen molar-refractivity contribution < 1.29 is 4.79 Å². The van der Waals surface area contributed by atoms with Gasteiger partial charge in [0, 0.05) is 21.0 Å². The number of rotatable bonds is 4. The molecule has 4 aromatic rings. The lowest BCUT2D eigenvalue weighted by Gasteiger charge is -2.05. The van der Waals surface area contributed by atoms with Crippen LogP contribution in [0.2, 0.25) is 0 Å². The highest BCUT2D eigenvalue weighted by Crippen LogP contribution is 2.24. The van der Waals surface area contributed by atoms with Crippen molar-refractivity contribution >= 4 is 44.1 Å². The summed E-state index contributed by atoms with van der Waals surface area (Å²) in [6.07, 6.45) is 1.54. The van der Waals surface area contributed by atoms with Crippen LogP contribution < -0.4 is 11.3 Å². The van der Waals surface area contributed by atoms with Crippen molar-refractivity contribution in [3.63, 3.8) is 0 Å². The molecule has 2 heterocycles. The number of nitrogens with zero attached hydrogens (tertiary/aromatic N) is 3. The molecule has 6 nitrogen and oxygen atoms in total. The first-order valence-electron chi connectivity index (χ1n) is 8.00. The maximum atomic E-state index is 12.7. The van der Waals surface area contributed by atoms with Gasteiger partial charge in [-0.2, -0.15) is 0 Å². The summed E-state index contributed by atoms with van der Waals surface area (Å²) in [4.78, 5) is 32.8. The highest BCUT2D eigenvalue weighted by Gasteiger charge is 2.09. The smallest absolute Gasteiger partial charge is 0.261 e. The van der Waals surface area contributed by atoms with E-state index in [1.807, 2.05) is 29.6 Å². The van der Waals surface area contributed by atoms with Crippen LogP contribution in [0, 0.1) is 0 Å². The summed E-state index contributed by atoms with van der Waals surface area (Å²) >= 11 is 4.86. The topological polar surface area (TPSA) is 90.9 Å². The fourth-order valence-corrected chi connectivity index (χ4v) is 3.89. The normalized spacial score (nSPS) is 11.0. The number of benzene rings is 2. The van der Waals surface area contributed by atoms with Crippen molar-refractivity contribution in [3.05, 3.63) is 80.3 Å². The minimum atomic E-state index is -0.462. The Morgan fingerprint density at radius 1 is 1.19 bits per heavy atom. The number of carbonyl (C=O) groups excluding carboxylic acids is 1. The van der Waals surface area contributed by atoms with E-state index in [4.69, 9.17) is 5.73 Å². The molecule has 0 radical (unpaired) electrons. The molecule has 134 valence electrons. The highest BCUT2D eigenvalue weighted by molar-refractivity contribution is 9.10. The van der Waals surface area contributed by atoms with E-state index in [-0.39, 0.29) is 5.56 Å². The molecule has 2 aromatic carbocycles. The molecule has 0 aliphatic heterocycles. The van der Waals surface area contributed by atoms with E-state index in [1.54, 1.807) is 29.1 Å². The van der Waals surface area contributed by atoms with E-state index in [2.05, 4.69) is 25.9 Å². The van der Waals surface area contributed by atoms with Gasteiger partial charge in [0.15, 0.2) is 0 Å². The van der Waals surface area contributed by atoms with Crippen molar-refractivity contribution in [1.29, 1.82) is 0 Å². The maximum absolute atomic E-state index is 12.7. The van der Waals surface area contributed by atoms with Crippen LogP contribution in [-0.4, -0.2) is 20.4 Å². The van der Waals surface area contributed by atoms with Crippen molar-refractivity contribution in [1.82, 2.24) is 14.5 Å². The largest absolute Gasteiger partial charge is 0.366 e. The van der Waals surface area contributed by atoms with Gasteiger partial charge < -0.3 is 5.73 Å². The summed E-state index contributed by atoms with van der Waals surface area (Å²) < 4.78 is 2.38. The highest BCUT2D eigenvalue weighted by atomic mass is 79.9. The van der Waals surface area contributed by atoms with E-state index < -0.39 is 5.91 Å². The minimum absolute atomic E-state index is 0.110. The fourth-order valence-electron chi connectivity index (χ4n) is 2.71. The second kappa shape index (κ2) is 7.05. The van der Waals surface area contributed by atoms with Crippen LogP contribution in [0.15, 0.2) is 63.4 Å². The van der Waals surface area contributed by atoms with Crippen LogP contribution in [0.1, 0.15) is 16.1 Å². The van der Waals surface area contributed by atoms with Gasteiger partial charge in [0.1, 0.15) is 5.01 Å². The van der Waals surface area contributed by atoms with Crippen LogP contribution in [-0.2, 0) is 6.54 Å². The number of amides is 1. The maximum Gasteiger partial charge on any atom is 0.261 e. The molecule has 1 amide bonds. The van der Waals surface area contributed by atoms with Crippen LogP contribution in [0.3, 0.4) is 0 Å². The predicted molar refractivity (Wildman–Crippen MR) is 109 cm³/mol. The molecule has 4 rings (SSSR count).